The lowest BCUT2D eigenvalue weighted by Gasteiger charge is -2.14. The van der Waals surface area contributed by atoms with E-state index in [2.05, 4.69) is 17.2 Å². The van der Waals surface area contributed by atoms with Crippen LogP contribution in [0.3, 0.4) is 0 Å². The fourth-order valence-electron chi connectivity index (χ4n) is 1.80. The molecule has 1 aromatic heterocycles. The molecule has 0 aliphatic carbocycles. The molecule has 1 atom stereocenters. The van der Waals surface area contributed by atoms with Crippen molar-refractivity contribution in [3.63, 3.8) is 0 Å². The Kier molecular flexibility index (Phi) is 4.32. The molecule has 5 heteroatoms. The highest BCUT2D eigenvalue weighted by Crippen LogP contribution is 2.35. The molecule has 3 nitrogen and oxygen atoms in total. The number of rotatable bonds is 4. The summed E-state index contributed by atoms with van der Waals surface area (Å²) in [5, 5.41) is 6.39. The highest BCUT2D eigenvalue weighted by molar-refractivity contribution is 7.99. The summed E-state index contributed by atoms with van der Waals surface area (Å²) in [6.07, 6.45) is 0. The number of aromatic nitrogens is 2. The minimum absolute atomic E-state index is 0.193. The van der Waals surface area contributed by atoms with Crippen LogP contribution in [0.4, 0.5) is 0 Å². The number of benzene rings is 1. The van der Waals surface area contributed by atoms with Crippen molar-refractivity contribution in [1.82, 2.24) is 9.78 Å². The van der Waals surface area contributed by atoms with Gasteiger partial charge in [-0.3, -0.25) is 4.68 Å². The first-order valence-electron chi connectivity index (χ1n) is 5.73. The standard InChI is InChI=1S/C13H16ClN3S/c1-9-6-13(17(2)16-9)18-12(8-15)10-4-3-5-11(14)7-10/h3-7,12H,8,15H2,1-2H3. The molecule has 2 rings (SSSR count). The SMILES string of the molecule is Cc1cc(SC(CN)c2cccc(Cl)c2)n(C)n1. The number of nitrogens with zero attached hydrogens (tertiary/aromatic N) is 2. The van der Waals surface area contributed by atoms with Crippen LogP contribution in [0.25, 0.3) is 0 Å². The van der Waals surface area contributed by atoms with Crippen LogP contribution in [0.2, 0.25) is 5.02 Å². The normalized spacial score (nSPS) is 12.7. The predicted molar refractivity (Wildman–Crippen MR) is 77.0 cm³/mol. The van der Waals surface area contributed by atoms with Gasteiger partial charge in [-0.15, -0.1) is 0 Å². The summed E-state index contributed by atoms with van der Waals surface area (Å²) < 4.78 is 1.88. The second-order valence-corrected chi connectivity index (χ2v) is 5.80. The Morgan fingerprint density at radius 1 is 1.44 bits per heavy atom. The number of hydrogen-bond donors (Lipinski definition) is 1. The summed E-state index contributed by atoms with van der Waals surface area (Å²) in [6.45, 7) is 2.55. The predicted octanol–water partition coefficient (Wildman–Crippen LogP) is 3.17. The third kappa shape index (κ3) is 3.07. The molecule has 0 saturated carbocycles. The van der Waals surface area contributed by atoms with Crippen molar-refractivity contribution in [1.29, 1.82) is 0 Å². The molecule has 0 spiro atoms. The molecular weight excluding hydrogens is 266 g/mol. The zero-order valence-corrected chi connectivity index (χ0v) is 12.0. The van der Waals surface area contributed by atoms with Crippen LogP contribution in [-0.2, 0) is 7.05 Å². The Balaban J connectivity index is 2.22. The van der Waals surface area contributed by atoms with E-state index in [-0.39, 0.29) is 5.25 Å². The summed E-state index contributed by atoms with van der Waals surface area (Å²) in [6, 6.07) is 9.92. The molecule has 0 radical (unpaired) electrons. The van der Waals surface area contributed by atoms with Gasteiger partial charge in [-0.05, 0) is 30.7 Å². The monoisotopic (exact) mass is 281 g/mol. The van der Waals surface area contributed by atoms with Crippen LogP contribution in [0, 0.1) is 6.92 Å². The molecule has 0 amide bonds. The van der Waals surface area contributed by atoms with Crippen molar-refractivity contribution in [3.05, 3.63) is 46.6 Å². The molecule has 0 bridgehead atoms. The minimum Gasteiger partial charge on any atom is -0.329 e. The van der Waals surface area contributed by atoms with Crippen LogP contribution < -0.4 is 5.73 Å². The minimum atomic E-state index is 0.193. The van der Waals surface area contributed by atoms with Crippen molar-refractivity contribution in [3.8, 4) is 0 Å². The third-order valence-electron chi connectivity index (χ3n) is 2.66. The Labute approximate surface area is 116 Å². The van der Waals surface area contributed by atoms with Crippen molar-refractivity contribution in [2.45, 2.75) is 17.2 Å². The maximum atomic E-state index is 6.02. The molecular formula is C13H16ClN3S. The molecule has 2 N–H and O–H groups in total. The maximum Gasteiger partial charge on any atom is 0.0945 e. The van der Waals surface area contributed by atoms with Gasteiger partial charge < -0.3 is 5.73 Å². The molecule has 18 heavy (non-hydrogen) atoms. The van der Waals surface area contributed by atoms with E-state index in [9.17, 15) is 0 Å². The summed E-state index contributed by atoms with van der Waals surface area (Å²) in [5.74, 6) is 0. The molecule has 1 aromatic carbocycles. The van der Waals surface area contributed by atoms with Gasteiger partial charge in [-0.25, -0.2) is 0 Å². The average molecular weight is 282 g/mol. The van der Waals surface area contributed by atoms with E-state index >= 15 is 0 Å². The summed E-state index contributed by atoms with van der Waals surface area (Å²) in [5.41, 5.74) is 8.03. The first kappa shape index (κ1) is 13.5. The Hall–Kier alpha value is -0.970. The van der Waals surface area contributed by atoms with E-state index in [4.69, 9.17) is 17.3 Å². The molecule has 2 aromatic rings. The quantitative estimate of drug-likeness (QED) is 0.876. The number of hydrogen-bond acceptors (Lipinski definition) is 3. The number of halogens is 1. The lowest BCUT2D eigenvalue weighted by molar-refractivity contribution is 0.690. The number of aryl methyl sites for hydroxylation is 2. The Bertz CT molecular complexity index is 539. The number of thioether (sulfide) groups is 1. The topological polar surface area (TPSA) is 43.8 Å². The molecule has 0 fully saturated rings. The van der Waals surface area contributed by atoms with Crippen LogP contribution in [0.5, 0.6) is 0 Å². The van der Waals surface area contributed by atoms with Gasteiger partial charge in [0.15, 0.2) is 0 Å². The first-order valence-corrected chi connectivity index (χ1v) is 6.98. The average Bonchev–Trinajstić information content (AvgIpc) is 2.64. The van der Waals surface area contributed by atoms with Gasteiger partial charge in [0.2, 0.25) is 0 Å². The van der Waals surface area contributed by atoms with Crippen molar-refractivity contribution >= 4 is 23.4 Å². The summed E-state index contributed by atoms with van der Waals surface area (Å²) >= 11 is 7.73. The van der Waals surface area contributed by atoms with Crippen LogP contribution in [-0.4, -0.2) is 16.3 Å². The van der Waals surface area contributed by atoms with Gasteiger partial charge in [0.1, 0.15) is 0 Å². The lowest BCUT2D eigenvalue weighted by Crippen LogP contribution is -2.10. The van der Waals surface area contributed by atoms with Gasteiger partial charge in [0.05, 0.1) is 10.7 Å². The molecule has 0 aliphatic rings. The van der Waals surface area contributed by atoms with E-state index in [0.29, 0.717) is 6.54 Å². The van der Waals surface area contributed by atoms with Gasteiger partial charge in [0.25, 0.3) is 0 Å². The van der Waals surface area contributed by atoms with Crippen LogP contribution in [0.1, 0.15) is 16.5 Å². The fourth-order valence-corrected chi connectivity index (χ4v) is 3.10. The second kappa shape index (κ2) is 5.78. The summed E-state index contributed by atoms with van der Waals surface area (Å²) in [4.78, 5) is 0. The maximum absolute atomic E-state index is 6.02. The molecule has 1 heterocycles. The zero-order chi connectivity index (χ0) is 13.1. The highest BCUT2D eigenvalue weighted by Gasteiger charge is 2.14. The summed E-state index contributed by atoms with van der Waals surface area (Å²) in [7, 11) is 1.95. The van der Waals surface area contributed by atoms with Crippen LogP contribution >= 0.6 is 23.4 Å². The van der Waals surface area contributed by atoms with E-state index in [0.717, 1.165) is 21.3 Å². The van der Waals surface area contributed by atoms with E-state index in [1.807, 2.05) is 36.9 Å². The van der Waals surface area contributed by atoms with Gasteiger partial charge in [-0.2, -0.15) is 5.10 Å². The number of nitrogens with two attached hydrogens (primary N) is 1. The highest BCUT2D eigenvalue weighted by atomic mass is 35.5. The van der Waals surface area contributed by atoms with Crippen molar-refractivity contribution < 1.29 is 0 Å². The second-order valence-electron chi connectivity index (χ2n) is 4.14. The smallest absolute Gasteiger partial charge is 0.0945 e. The first-order chi connectivity index (χ1) is 8.60. The molecule has 0 saturated heterocycles. The van der Waals surface area contributed by atoms with E-state index in [1.54, 1.807) is 11.8 Å². The lowest BCUT2D eigenvalue weighted by atomic mass is 10.1. The van der Waals surface area contributed by atoms with Crippen molar-refractivity contribution in [2.24, 2.45) is 12.8 Å². The molecule has 1 unspecified atom stereocenters. The Morgan fingerprint density at radius 2 is 2.22 bits per heavy atom. The zero-order valence-electron chi connectivity index (χ0n) is 10.4. The van der Waals surface area contributed by atoms with Crippen LogP contribution in [0.15, 0.2) is 35.4 Å². The van der Waals surface area contributed by atoms with E-state index < -0.39 is 0 Å². The molecule has 96 valence electrons. The Morgan fingerprint density at radius 3 is 2.78 bits per heavy atom. The van der Waals surface area contributed by atoms with Gasteiger partial charge >= 0.3 is 0 Å². The van der Waals surface area contributed by atoms with Crippen molar-refractivity contribution in [2.75, 3.05) is 6.54 Å². The molecule has 0 aliphatic heterocycles. The van der Waals surface area contributed by atoms with Gasteiger partial charge in [-0.1, -0.05) is 35.5 Å². The van der Waals surface area contributed by atoms with Gasteiger partial charge in [0, 0.05) is 23.9 Å². The van der Waals surface area contributed by atoms with E-state index in [1.165, 1.54) is 0 Å². The largest absolute Gasteiger partial charge is 0.329 e. The third-order valence-corrected chi connectivity index (χ3v) is 4.26. The fraction of sp³-hybridized carbons (Fsp3) is 0.308.